The van der Waals surface area contributed by atoms with Crippen LogP contribution in [0.4, 0.5) is 5.69 Å². The van der Waals surface area contributed by atoms with Crippen LogP contribution in [-0.2, 0) is 17.8 Å². The molecule has 4 aromatic rings. The first kappa shape index (κ1) is 31.2. The van der Waals surface area contributed by atoms with Crippen LogP contribution >= 0.6 is 11.6 Å². The highest BCUT2D eigenvalue weighted by Gasteiger charge is 2.27. The van der Waals surface area contributed by atoms with Crippen molar-refractivity contribution in [3.63, 3.8) is 0 Å². The normalized spacial score (nSPS) is 14.7. The van der Waals surface area contributed by atoms with Crippen LogP contribution in [0.15, 0.2) is 73.3 Å². The predicted molar refractivity (Wildman–Crippen MR) is 173 cm³/mol. The van der Waals surface area contributed by atoms with Crippen molar-refractivity contribution in [3.8, 4) is 11.4 Å². The number of para-hydroxylation sites is 1. The molecule has 0 unspecified atom stereocenters. The van der Waals surface area contributed by atoms with Crippen LogP contribution in [-0.4, -0.2) is 75.7 Å². The van der Waals surface area contributed by atoms with E-state index in [2.05, 4.69) is 28.9 Å². The van der Waals surface area contributed by atoms with Crippen molar-refractivity contribution in [1.29, 1.82) is 0 Å². The maximum absolute atomic E-state index is 14.3. The highest BCUT2D eigenvalue weighted by molar-refractivity contribution is 6.33. The van der Waals surface area contributed by atoms with Crippen molar-refractivity contribution in [2.45, 2.75) is 46.2 Å². The molecule has 3 aromatic carbocycles. The number of hydrogen-bond donors (Lipinski definition) is 0. The minimum Gasteiger partial charge on any atom is -0.497 e. The predicted octanol–water partition coefficient (Wildman–Crippen LogP) is 5.57. The van der Waals surface area contributed by atoms with Gasteiger partial charge >= 0.3 is 0 Å². The van der Waals surface area contributed by atoms with E-state index in [1.54, 1.807) is 36.5 Å². The summed E-state index contributed by atoms with van der Waals surface area (Å²) in [4.78, 5) is 34.4. The van der Waals surface area contributed by atoms with Gasteiger partial charge in [-0.2, -0.15) is 0 Å². The lowest BCUT2D eigenvalue weighted by atomic mass is 10.0. The molecule has 2 heterocycles. The van der Waals surface area contributed by atoms with E-state index < -0.39 is 0 Å². The monoisotopic (exact) mass is 614 g/mol. The molecule has 0 bridgehead atoms. The first-order chi connectivity index (χ1) is 21.2. The van der Waals surface area contributed by atoms with E-state index in [-0.39, 0.29) is 24.3 Å². The van der Waals surface area contributed by atoms with Gasteiger partial charge in [0.15, 0.2) is 0 Å². The number of halogens is 1. The zero-order valence-corrected chi connectivity index (χ0v) is 26.5. The van der Waals surface area contributed by atoms with Crippen molar-refractivity contribution < 1.29 is 14.3 Å². The minimum atomic E-state index is -0.170. The number of aromatic nitrogens is 3. The van der Waals surface area contributed by atoms with Gasteiger partial charge in [-0.15, -0.1) is 10.2 Å². The summed E-state index contributed by atoms with van der Waals surface area (Å²) in [6.07, 6.45) is 4.24. The van der Waals surface area contributed by atoms with Crippen molar-refractivity contribution in [3.05, 3.63) is 101 Å². The Kier molecular flexibility index (Phi) is 9.97. The van der Waals surface area contributed by atoms with Crippen molar-refractivity contribution in [2.75, 3.05) is 38.2 Å². The van der Waals surface area contributed by atoms with Gasteiger partial charge in [-0.05, 0) is 74.2 Å². The molecule has 0 radical (unpaired) electrons. The number of fused-ring (bicyclic) bond motifs is 1. The Morgan fingerprint density at radius 3 is 2.41 bits per heavy atom. The Hall–Kier alpha value is -4.21. The fourth-order valence-electron chi connectivity index (χ4n) is 5.72. The maximum Gasteiger partial charge on any atom is 0.255 e. The van der Waals surface area contributed by atoms with Gasteiger partial charge in [-0.1, -0.05) is 41.9 Å². The molecule has 1 aliphatic heterocycles. The smallest absolute Gasteiger partial charge is 0.255 e. The first-order valence-electron chi connectivity index (χ1n) is 14.9. The van der Waals surface area contributed by atoms with E-state index in [1.165, 1.54) is 0 Å². The third-order valence-electron chi connectivity index (χ3n) is 8.17. The van der Waals surface area contributed by atoms with Crippen LogP contribution < -0.4 is 9.64 Å². The number of nitrogens with zero attached hydrogens (tertiary/aromatic N) is 6. The molecule has 230 valence electrons. The molecule has 0 aliphatic carbocycles. The number of methoxy groups -OCH3 is 1. The molecule has 2 amide bonds. The standard InChI is InChI=1S/C34H39ClN6O3/c1-24(2)38-15-6-16-41(32(42)19-26-9-12-29(44-4)13-10-26)33-25(3)7-5-8-27(33)21-39(18-17-38)34(43)30-20-28(11-14-31(30)35)40-22-36-37-23-40/h5,7-14,20,22-24H,6,15-19,21H2,1-4H3. The SMILES string of the molecule is COc1ccc(CC(=O)N2CCCN(C(C)C)CCN(C(=O)c3cc(-n4cnnc4)ccc3Cl)Cc3cccc(C)c32)cc1. The molecule has 0 atom stereocenters. The molecule has 1 aliphatic rings. The van der Waals surface area contributed by atoms with Crippen molar-refractivity contribution in [2.24, 2.45) is 0 Å². The van der Waals surface area contributed by atoms with Gasteiger partial charge in [0.25, 0.3) is 5.91 Å². The Bertz CT molecular complexity index is 1590. The van der Waals surface area contributed by atoms with E-state index >= 15 is 0 Å². The summed E-state index contributed by atoms with van der Waals surface area (Å²) in [5.74, 6) is 0.601. The molecule has 0 saturated heterocycles. The molecular formula is C34H39ClN6O3. The van der Waals surface area contributed by atoms with Crippen LogP contribution in [0.5, 0.6) is 5.75 Å². The Labute approximate surface area is 264 Å². The van der Waals surface area contributed by atoms with Gasteiger partial charge in [0.2, 0.25) is 5.91 Å². The number of benzene rings is 3. The second kappa shape index (κ2) is 14.1. The molecule has 0 spiro atoms. The van der Waals surface area contributed by atoms with Crippen LogP contribution in [0.25, 0.3) is 5.69 Å². The Morgan fingerprint density at radius 2 is 1.70 bits per heavy atom. The van der Waals surface area contributed by atoms with Gasteiger partial charge in [0, 0.05) is 44.5 Å². The topological polar surface area (TPSA) is 83.8 Å². The third-order valence-corrected chi connectivity index (χ3v) is 8.50. The number of hydrogen-bond acceptors (Lipinski definition) is 6. The lowest BCUT2D eigenvalue weighted by Gasteiger charge is -2.30. The lowest BCUT2D eigenvalue weighted by molar-refractivity contribution is -0.118. The minimum absolute atomic E-state index is 0.0172. The Balaban J connectivity index is 1.52. The molecule has 0 fully saturated rings. The van der Waals surface area contributed by atoms with E-state index in [9.17, 15) is 9.59 Å². The van der Waals surface area contributed by atoms with E-state index in [0.717, 1.165) is 46.8 Å². The fourth-order valence-corrected chi connectivity index (χ4v) is 5.92. The maximum atomic E-state index is 14.3. The van der Waals surface area contributed by atoms with Crippen LogP contribution in [0.2, 0.25) is 5.02 Å². The van der Waals surface area contributed by atoms with E-state index in [4.69, 9.17) is 16.3 Å². The van der Waals surface area contributed by atoms with Gasteiger partial charge in [-0.3, -0.25) is 19.1 Å². The molecular weight excluding hydrogens is 576 g/mol. The van der Waals surface area contributed by atoms with Crippen LogP contribution in [0, 0.1) is 6.92 Å². The highest BCUT2D eigenvalue weighted by Crippen LogP contribution is 2.30. The van der Waals surface area contributed by atoms with Crippen molar-refractivity contribution >= 4 is 29.1 Å². The second-order valence-electron chi connectivity index (χ2n) is 11.4. The number of carbonyl (C=O) groups is 2. The third kappa shape index (κ3) is 7.11. The number of carbonyl (C=O) groups excluding carboxylic acids is 2. The average molecular weight is 615 g/mol. The molecule has 5 rings (SSSR count). The largest absolute Gasteiger partial charge is 0.497 e. The zero-order valence-electron chi connectivity index (χ0n) is 25.7. The molecule has 1 aromatic heterocycles. The summed E-state index contributed by atoms with van der Waals surface area (Å²) in [7, 11) is 1.63. The van der Waals surface area contributed by atoms with Crippen LogP contribution in [0.3, 0.4) is 0 Å². The molecule has 44 heavy (non-hydrogen) atoms. The quantitative estimate of drug-likeness (QED) is 0.282. The van der Waals surface area contributed by atoms with E-state index in [0.29, 0.717) is 36.8 Å². The second-order valence-corrected chi connectivity index (χ2v) is 11.8. The van der Waals surface area contributed by atoms with Gasteiger partial charge in [0.05, 0.1) is 29.8 Å². The lowest BCUT2D eigenvalue weighted by Crippen LogP contribution is -2.41. The highest BCUT2D eigenvalue weighted by atomic mass is 35.5. The first-order valence-corrected chi connectivity index (χ1v) is 15.3. The number of anilines is 1. The van der Waals surface area contributed by atoms with Crippen LogP contribution in [0.1, 0.15) is 47.3 Å². The average Bonchev–Trinajstić information content (AvgIpc) is 3.55. The number of aryl methyl sites for hydroxylation is 1. The summed E-state index contributed by atoms with van der Waals surface area (Å²) in [5.41, 5.74) is 4.85. The van der Waals surface area contributed by atoms with Gasteiger partial charge in [-0.25, -0.2) is 0 Å². The van der Waals surface area contributed by atoms with Gasteiger partial charge < -0.3 is 14.5 Å². The Morgan fingerprint density at radius 1 is 0.955 bits per heavy atom. The number of ether oxygens (including phenoxy) is 1. The summed E-state index contributed by atoms with van der Waals surface area (Å²) in [5, 5.41) is 8.16. The number of amides is 2. The van der Waals surface area contributed by atoms with Gasteiger partial charge in [0.1, 0.15) is 18.4 Å². The molecule has 9 nitrogen and oxygen atoms in total. The summed E-state index contributed by atoms with van der Waals surface area (Å²) in [6, 6.07) is 19.3. The summed E-state index contributed by atoms with van der Waals surface area (Å²) < 4.78 is 7.04. The summed E-state index contributed by atoms with van der Waals surface area (Å²) >= 11 is 6.64. The van der Waals surface area contributed by atoms with Crippen molar-refractivity contribution in [1.82, 2.24) is 24.6 Å². The zero-order chi connectivity index (χ0) is 31.2. The fraction of sp³-hybridized carbons (Fsp3) is 0.353. The molecule has 0 N–H and O–H groups in total. The molecule has 0 saturated carbocycles. The number of rotatable bonds is 6. The summed E-state index contributed by atoms with van der Waals surface area (Å²) in [6.45, 7) is 9.28. The molecule has 10 heteroatoms. The van der Waals surface area contributed by atoms with E-state index in [1.807, 2.05) is 65.3 Å².